The molecule has 6 nitrogen and oxygen atoms in total. The lowest BCUT2D eigenvalue weighted by molar-refractivity contribution is 0.0946. The van der Waals surface area contributed by atoms with Crippen molar-refractivity contribution in [2.45, 2.75) is 11.8 Å². The number of hydrogen-bond acceptors (Lipinski definition) is 4. The lowest BCUT2D eigenvalue weighted by atomic mass is 10.1. The van der Waals surface area contributed by atoms with Gasteiger partial charge in [-0.3, -0.25) is 4.79 Å². The monoisotopic (exact) mass is 384 g/mol. The summed E-state index contributed by atoms with van der Waals surface area (Å²) < 4.78 is 28.6. The van der Waals surface area contributed by atoms with E-state index < -0.39 is 10.0 Å². The number of hydrogen-bond donors (Lipinski definition) is 2. The van der Waals surface area contributed by atoms with E-state index in [1.54, 1.807) is 13.0 Å². The van der Waals surface area contributed by atoms with Crippen molar-refractivity contribution in [1.82, 2.24) is 5.32 Å². The molecule has 3 aromatic carbocycles. The first-order chi connectivity index (χ1) is 12.8. The molecule has 0 saturated heterocycles. The molecule has 3 aromatic rings. The van der Waals surface area contributed by atoms with Crippen molar-refractivity contribution >= 4 is 26.7 Å². The van der Waals surface area contributed by atoms with Crippen LogP contribution in [-0.2, 0) is 10.0 Å². The fourth-order valence-corrected chi connectivity index (χ4v) is 3.25. The van der Waals surface area contributed by atoms with Gasteiger partial charge in [0.05, 0.1) is 11.4 Å². The van der Waals surface area contributed by atoms with Crippen LogP contribution < -0.4 is 15.2 Å². The third-order valence-corrected chi connectivity index (χ3v) is 5.07. The van der Waals surface area contributed by atoms with Gasteiger partial charge in [0.15, 0.2) is 0 Å². The average Bonchev–Trinajstić information content (AvgIpc) is 2.64. The number of nitrogens with two attached hydrogens (primary N) is 1. The normalized spacial score (nSPS) is 11.3. The minimum absolute atomic E-state index is 0.0920. The second kappa shape index (κ2) is 7.77. The number of sulfonamides is 1. The Labute approximate surface area is 158 Å². The predicted molar refractivity (Wildman–Crippen MR) is 104 cm³/mol. The SMILES string of the molecule is Cc1ccc(S(N)(=O)=O)cc1C(=O)NCCOc1ccc2ccccc2c1. The summed E-state index contributed by atoms with van der Waals surface area (Å²) in [7, 11) is -3.86. The first-order valence-electron chi connectivity index (χ1n) is 8.38. The largest absolute Gasteiger partial charge is 0.492 e. The van der Waals surface area contributed by atoms with Crippen molar-refractivity contribution in [1.29, 1.82) is 0 Å². The molecular weight excluding hydrogens is 364 g/mol. The van der Waals surface area contributed by atoms with Crippen LogP contribution in [0.4, 0.5) is 0 Å². The summed E-state index contributed by atoms with van der Waals surface area (Å²) in [4.78, 5) is 12.2. The Kier molecular flexibility index (Phi) is 5.43. The number of fused-ring (bicyclic) bond motifs is 1. The summed E-state index contributed by atoms with van der Waals surface area (Å²) in [5, 5.41) is 10.1. The van der Waals surface area contributed by atoms with Gasteiger partial charge in [-0.05, 0) is 47.5 Å². The maximum atomic E-state index is 12.3. The van der Waals surface area contributed by atoms with Crippen molar-refractivity contribution < 1.29 is 17.9 Å². The van der Waals surface area contributed by atoms with Gasteiger partial charge in [-0.1, -0.05) is 36.4 Å². The Morgan fingerprint density at radius 3 is 2.52 bits per heavy atom. The number of nitrogens with one attached hydrogen (secondary N) is 1. The molecule has 0 heterocycles. The van der Waals surface area contributed by atoms with E-state index in [4.69, 9.17) is 9.88 Å². The zero-order valence-electron chi connectivity index (χ0n) is 14.8. The molecule has 1 amide bonds. The maximum Gasteiger partial charge on any atom is 0.251 e. The number of ether oxygens (including phenoxy) is 1. The summed E-state index contributed by atoms with van der Waals surface area (Å²) in [6, 6.07) is 18.0. The molecule has 3 N–H and O–H groups in total. The van der Waals surface area contributed by atoms with Crippen molar-refractivity contribution in [2.75, 3.05) is 13.2 Å². The van der Waals surface area contributed by atoms with Crippen LogP contribution in [0.5, 0.6) is 5.75 Å². The average molecular weight is 384 g/mol. The van der Waals surface area contributed by atoms with Gasteiger partial charge in [0.2, 0.25) is 10.0 Å². The Morgan fingerprint density at radius 1 is 1.04 bits per heavy atom. The van der Waals surface area contributed by atoms with Gasteiger partial charge in [0.25, 0.3) is 5.91 Å². The molecule has 0 spiro atoms. The summed E-state index contributed by atoms with van der Waals surface area (Å²) in [5.74, 6) is 0.343. The van der Waals surface area contributed by atoms with Gasteiger partial charge in [-0.15, -0.1) is 0 Å². The van der Waals surface area contributed by atoms with E-state index in [0.717, 1.165) is 16.5 Å². The van der Waals surface area contributed by atoms with E-state index in [0.29, 0.717) is 5.56 Å². The number of benzene rings is 3. The zero-order chi connectivity index (χ0) is 19.4. The van der Waals surface area contributed by atoms with Gasteiger partial charge >= 0.3 is 0 Å². The van der Waals surface area contributed by atoms with Crippen molar-refractivity contribution in [3.63, 3.8) is 0 Å². The topological polar surface area (TPSA) is 98.5 Å². The highest BCUT2D eigenvalue weighted by atomic mass is 32.2. The number of primary sulfonamides is 1. The molecular formula is C20H20N2O4S. The van der Waals surface area contributed by atoms with Crippen LogP contribution >= 0.6 is 0 Å². The third kappa shape index (κ3) is 4.64. The first kappa shape index (κ1) is 18.9. The van der Waals surface area contributed by atoms with Crippen LogP contribution in [0.15, 0.2) is 65.6 Å². The number of aryl methyl sites for hydroxylation is 1. The Balaban J connectivity index is 1.59. The fraction of sp³-hybridized carbons (Fsp3) is 0.150. The molecule has 0 radical (unpaired) electrons. The molecule has 0 aromatic heterocycles. The lowest BCUT2D eigenvalue weighted by Crippen LogP contribution is -2.29. The maximum absolute atomic E-state index is 12.3. The van der Waals surface area contributed by atoms with Gasteiger partial charge in [0.1, 0.15) is 12.4 Å². The Hall–Kier alpha value is -2.90. The summed E-state index contributed by atoms with van der Waals surface area (Å²) >= 11 is 0. The Bertz CT molecular complexity index is 1090. The summed E-state index contributed by atoms with van der Waals surface area (Å²) in [6.07, 6.45) is 0. The van der Waals surface area contributed by atoms with E-state index in [2.05, 4.69) is 5.32 Å². The van der Waals surface area contributed by atoms with E-state index in [9.17, 15) is 13.2 Å². The molecule has 0 aliphatic heterocycles. The van der Waals surface area contributed by atoms with E-state index >= 15 is 0 Å². The molecule has 0 bridgehead atoms. The minimum Gasteiger partial charge on any atom is -0.492 e. The third-order valence-electron chi connectivity index (χ3n) is 4.16. The van der Waals surface area contributed by atoms with E-state index in [1.807, 2.05) is 42.5 Å². The molecule has 0 unspecified atom stereocenters. The first-order valence-corrected chi connectivity index (χ1v) is 9.92. The second-order valence-corrected chi connectivity index (χ2v) is 7.70. The van der Waals surface area contributed by atoms with Crippen molar-refractivity contribution in [2.24, 2.45) is 5.14 Å². The molecule has 0 fully saturated rings. The fourth-order valence-electron chi connectivity index (χ4n) is 2.71. The second-order valence-electron chi connectivity index (χ2n) is 6.14. The molecule has 7 heteroatoms. The van der Waals surface area contributed by atoms with Crippen LogP contribution in [0.3, 0.4) is 0 Å². The number of carbonyl (C=O) groups is 1. The van der Waals surface area contributed by atoms with Crippen LogP contribution in [0.2, 0.25) is 0 Å². The Morgan fingerprint density at radius 2 is 1.78 bits per heavy atom. The van der Waals surface area contributed by atoms with Gasteiger partial charge in [-0.2, -0.15) is 0 Å². The number of carbonyl (C=O) groups excluding carboxylic acids is 1. The quantitative estimate of drug-likeness (QED) is 0.638. The number of rotatable bonds is 6. The summed E-state index contributed by atoms with van der Waals surface area (Å²) in [5.41, 5.74) is 0.933. The number of amides is 1. The standard InChI is InChI=1S/C20H20N2O4S/c1-14-6-9-18(27(21,24)25)13-19(14)20(23)22-10-11-26-17-8-7-15-4-2-3-5-16(15)12-17/h2-9,12-13H,10-11H2,1H3,(H,22,23)(H2,21,24,25). The molecule has 140 valence electrons. The highest BCUT2D eigenvalue weighted by Gasteiger charge is 2.14. The smallest absolute Gasteiger partial charge is 0.251 e. The zero-order valence-corrected chi connectivity index (χ0v) is 15.6. The molecule has 0 aliphatic carbocycles. The van der Waals surface area contributed by atoms with Gasteiger partial charge in [0, 0.05) is 5.56 Å². The van der Waals surface area contributed by atoms with E-state index in [1.165, 1.54) is 12.1 Å². The van der Waals surface area contributed by atoms with Gasteiger partial charge < -0.3 is 10.1 Å². The van der Waals surface area contributed by atoms with Crippen LogP contribution in [0.1, 0.15) is 15.9 Å². The summed E-state index contributed by atoms with van der Waals surface area (Å²) in [6.45, 7) is 2.30. The van der Waals surface area contributed by atoms with Crippen LogP contribution in [-0.4, -0.2) is 27.5 Å². The molecule has 0 saturated carbocycles. The highest BCUT2D eigenvalue weighted by Crippen LogP contribution is 2.20. The van der Waals surface area contributed by atoms with Crippen molar-refractivity contribution in [3.05, 3.63) is 71.8 Å². The predicted octanol–water partition coefficient (Wildman–Crippen LogP) is 2.60. The molecule has 3 rings (SSSR count). The highest BCUT2D eigenvalue weighted by molar-refractivity contribution is 7.89. The molecule has 27 heavy (non-hydrogen) atoms. The van der Waals surface area contributed by atoms with Crippen LogP contribution in [0, 0.1) is 6.92 Å². The van der Waals surface area contributed by atoms with Crippen LogP contribution in [0.25, 0.3) is 10.8 Å². The molecule has 0 atom stereocenters. The minimum atomic E-state index is -3.86. The van der Waals surface area contributed by atoms with E-state index in [-0.39, 0.29) is 29.5 Å². The lowest BCUT2D eigenvalue weighted by Gasteiger charge is -2.11. The van der Waals surface area contributed by atoms with Crippen molar-refractivity contribution in [3.8, 4) is 5.75 Å². The molecule has 0 aliphatic rings. The van der Waals surface area contributed by atoms with Gasteiger partial charge in [-0.25, -0.2) is 13.6 Å².